The van der Waals surface area contributed by atoms with Crippen LogP contribution in [-0.4, -0.2) is 44.5 Å². The van der Waals surface area contributed by atoms with E-state index in [2.05, 4.69) is 10.6 Å². The molecule has 0 aliphatic heterocycles. The van der Waals surface area contributed by atoms with Crippen molar-refractivity contribution < 1.29 is 24.0 Å². The lowest BCUT2D eigenvalue weighted by molar-refractivity contribution is 0.0696. The number of carbonyl (C=O) groups is 2. The van der Waals surface area contributed by atoms with Crippen LogP contribution in [0.15, 0.2) is 18.2 Å². The van der Waals surface area contributed by atoms with Crippen LogP contribution in [0, 0.1) is 0 Å². The summed E-state index contributed by atoms with van der Waals surface area (Å²) in [5.74, 6) is -1.00. The average Bonchev–Trinajstić information content (AvgIpc) is 2.38. The molecular formula is C13H18N2O5S. The molecule has 0 spiro atoms. The number of aromatic hydroxyl groups is 1. The number of urea groups is 1. The first kappa shape index (κ1) is 17.0. The molecule has 0 saturated heterocycles. The van der Waals surface area contributed by atoms with Gasteiger partial charge in [0, 0.05) is 28.9 Å². The Hall–Kier alpha value is -2.09. The topological polar surface area (TPSA) is 116 Å². The highest BCUT2D eigenvalue weighted by Gasteiger charge is 2.12. The molecule has 2 atom stereocenters. The Morgan fingerprint density at radius 1 is 1.38 bits per heavy atom. The molecule has 0 aliphatic rings. The third-order valence-electron chi connectivity index (χ3n) is 2.71. The molecule has 116 valence electrons. The van der Waals surface area contributed by atoms with E-state index in [-0.39, 0.29) is 23.0 Å². The van der Waals surface area contributed by atoms with Gasteiger partial charge in [-0.25, -0.2) is 9.59 Å². The maximum atomic E-state index is 11.7. The minimum Gasteiger partial charge on any atom is -0.506 e. The number of rotatable bonds is 6. The number of phenols is 1. The van der Waals surface area contributed by atoms with E-state index in [1.807, 2.05) is 0 Å². The van der Waals surface area contributed by atoms with E-state index in [9.17, 15) is 18.9 Å². The highest BCUT2D eigenvalue weighted by Crippen LogP contribution is 2.24. The summed E-state index contributed by atoms with van der Waals surface area (Å²) < 4.78 is 11.0. The first-order chi connectivity index (χ1) is 9.79. The zero-order valence-corrected chi connectivity index (χ0v) is 12.6. The molecule has 0 bridgehead atoms. The lowest BCUT2D eigenvalue weighted by Gasteiger charge is -2.14. The smallest absolute Gasteiger partial charge is 0.335 e. The summed E-state index contributed by atoms with van der Waals surface area (Å²) in [6, 6.07) is 2.95. The minimum atomic E-state index is -1.16. The standard InChI is InChI=1S/C13H18N2O5S/c1-8(5-6-21(2)20)14-13(19)15-10-4-3-9(12(17)18)7-11(10)16/h3-4,7-8,16H,5-6H2,1-2H3,(H,17,18)(H2,14,15,19). The fourth-order valence-electron chi connectivity index (χ4n) is 1.57. The molecule has 0 fully saturated rings. The van der Waals surface area contributed by atoms with Gasteiger partial charge in [-0.1, -0.05) is 0 Å². The molecular weight excluding hydrogens is 296 g/mol. The Morgan fingerprint density at radius 2 is 2.05 bits per heavy atom. The van der Waals surface area contributed by atoms with Crippen LogP contribution in [0.4, 0.5) is 10.5 Å². The second-order valence-electron chi connectivity index (χ2n) is 4.60. The predicted molar refractivity (Wildman–Crippen MR) is 80.2 cm³/mol. The number of nitrogens with one attached hydrogen (secondary N) is 2. The summed E-state index contributed by atoms with van der Waals surface area (Å²) in [5.41, 5.74) is 0.0426. The van der Waals surface area contributed by atoms with Crippen molar-refractivity contribution >= 4 is 28.5 Å². The number of aromatic carboxylic acids is 1. The zero-order valence-electron chi connectivity index (χ0n) is 11.8. The molecule has 1 aromatic carbocycles. The predicted octanol–water partition coefficient (Wildman–Crippen LogP) is 1.37. The fraction of sp³-hybridized carbons (Fsp3) is 0.385. The molecule has 0 heterocycles. The van der Waals surface area contributed by atoms with Crippen LogP contribution in [0.5, 0.6) is 5.75 Å². The number of carbonyl (C=O) groups excluding carboxylic acids is 1. The number of benzene rings is 1. The monoisotopic (exact) mass is 314 g/mol. The molecule has 7 nitrogen and oxygen atoms in total. The Labute approximate surface area is 124 Å². The minimum absolute atomic E-state index is 0.0720. The number of carboxylic acid groups (broad SMARTS) is 1. The lowest BCUT2D eigenvalue weighted by atomic mass is 10.2. The number of hydrogen-bond donors (Lipinski definition) is 4. The second kappa shape index (κ2) is 7.63. The SMILES string of the molecule is CC(CCS(C)=O)NC(=O)Nc1ccc(C(=O)O)cc1O. The Balaban J connectivity index is 2.58. The summed E-state index contributed by atoms with van der Waals surface area (Å²) in [5, 5.41) is 23.5. The quantitative estimate of drug-likeness (QED) is 0.592. The van der Waals surface area contributed by atoms with Gasteiger partial charge in [-0.3, -0.25) is 4.21 Å². The van der Waals surface area contributed by atoms with Crippen molar-refractivity contribution in [3.05, 3.63) is 23.8 Å². The molecule has 1 aromatic rings. The van der Waals surface area contributed by atoms with Gasteiger partial charge in [-0.2, -0.15) is 0 Å². The van der Waals surface area contributed by atoms with Gasteiger partial charge in [0.15, 0.2) is 0 Å². The first-order valence-electron chi connectivity index (χ1n) is 6.23. The van der Waals surface area contributed by atoms with Crippen molar-refractivity contribution in [3.63, 3.8) is 0 Å². The summed E-state index contributed by atoms with van der Waals surface area (Å²) in [4.78, 5) is 22.4. The van der Waals surface area contributed by atoms with Gasteiger partial charge < -0.3 is 20.8 Å². The van der Waals surface area contributed by atoms with Crippen LogP contribution in [-0.2, 0) is 10.8 Å². The fourth-order valence-corrected chi connectivity index (χ4v) is 2.25. The number of amides is 2. The Morgan fingerprint density at radius 3 is 2.57 bits per heavy atom. The number of phenolic OH excluding ortho intramolecular Hbond substituents is 1. The van der Waals surface area contributed by atoms with Crippen molar-refractivity contribution in [2.45, 2.75) is 19.4 Å². The molecule has 21 heavy (non-hydrogen) atoms. The normalized spacial score (nSPS) is 13.2. The number of carboxylic acids is 1. The van der Waals surface area contributed by atoms with E-state index in [4.69, 9.17) is 5.11 Å². The third-order valence-corrected chi connectivity index (χ3v) is 3.52. The van der Waals surface area contributed by atoms with Gasteiger partial charge in [0.2, 0.25) is 0 Å². The zero-order chi connectivity index (χ0) is 16.0. The van der Waals surface area contributed by atoms with Crippen molar-refractivity contribution in [2.24, 2.45) is 0 Å². The molecule has 2 amide bonds. The van der Waals surface area contributed by atoms with Crippen molar-refractivity contribution in [3.8, 4) is 5.75 Å². The van der Waals surface area contributed by atoms with Crippen molar-refractivity contribution in [1.29, 1.82) is 0 Å². The van der Waals surface area contributed by atoms with Gasteiger partial charge >= 0.3 is 12.0 Å². The summed E-state index contributed by atoms with van der Waals surface area (Å²) in [7, 11) is -0.917. The number of anilines is 1. The van der Waals surface area contributed by atoms with Gasteiger partial charge in [-0.05, 0) is 31.5 Å². The van der Waals surface area contributed by atoms with Crippen LogP contribution < -0.4 is 10.6 Å². The van der Waals surface area contributed by atoms with Crippen LogP contribution in [0.2, 0.25) is 0 Å². The molecule has 0 radical (unpaired) electrons. The Bertz CT molecular complexity index is 561. The first-order valence-corrected chi connectivity index (χ1v) is 7.96. The van der Waals surface area contributed by atoms with E-state index < -0.39 is 22.8 Å². The van der Waals surface area contributed by atoms with Gasteiger partial charge in [-0.15, -0.1) is 0 Å². The van der Waals surface area contributed by atoms with Crippen LogP contribution in [0.25, 0.3) is 0 Å². The maximum absolute atomic E-state index is 11.7. The van der Waals surface area contributed by atoms with Crippen molar-refractivity contribution in [1.82, 2.24) is 5.32 Å². The summed E-state index contributed by atoms with van der Waals surface area (Å²) in [6.07, 6.45) is 2.16. The lowest BCUT2D eigenvalue weighted by Crippen LogP contribution is -2.36. The van der Waals surface area contributed by atoms with E-state index >= 15 is 0 Å². The van der Waals surface area contributed by atoms with E-state index in [0.29, 0.717) is 12.2 Å². The highest BCUT2D eigenvalue weighted by atomic mass is 32.2. The number of hydrogen-bond acceptors (Lipinski definition) is 4. The van der Waals surface area contributed by atoms with Crippen LogP contribution in [0.3, 0.4) is 0 Å². The summed E-state index contributed by atoms with van der Waals surface area (Å²) in [6.45, 7) is 1.78. The van der Waals surface area contributed by atoms with Crippen molar-refractivity contribution in [2.75, 3.05) is 17.3 Å². The molecule has 4 N–H and O–H groups in total. The van der Waals surface area contributed by atoms with Gasteiger partial charge in [0.1, 0.15) is 5.75 Å². The molecule has 8 heteroatoms. The third kappa shape index (κ3) is 5.82. The van der Waals surface area contributed by atoms with Crippen LogP contribution in [0.1, 0.15) is 23.7 Å². The second-order valence-corrected chi connectivity index (χ2v) is 6.16. The molecule has 1 rings (SSSR count). The van der Waals surface area contributed by atoms with Gasteiger partial charge in [0.25, 0.3) is 0 Å². The summed E-state index contributed by atoms with van der Waals surface area (Å²) >= 11 is 0. The van der Waals surface area contributed by atoms with Crippen LogP contribution >= 0.6 is 0 Å². The molecule has 0 aromatic heterocycles. The molecule has 0 saturated carbocycles. The molecule has 0 aliphatic carbocycles. The maximum Gasteiger partial charge on any atom is 0.335 e. The highest BCUT2D eigenvalue weighted by molar-refractivity contribution is 7.84. The average molecular weight is 314 g/mol. The van der Waals surface area contributed by atoms with E-state index in [0.717, 1.165) is 6.07 Å². The van der Waals surface area contributed by atoms with Gasteiger partial charge in [0.05, 0.1) is 11.3 Å². The molecule has 2 unspecified atom stereocenters. The Kier molecular flexibility index (Phi) is 6.16. The van der Waals surface area contributed by atoms with E-state index in [1.54, 1.807) is 13.2 Å². The largest absolute Gasteiger partial charge is 0.506 e. The van der Waals surface area contributed by atoms with E-state index in [1.165, 1.54) is 12.1 Å².